The molecule has 1 fully saturated rings. The number of aryl methyl sites for hydroxylation is 2. The molecule has 1 N–H and O–H groups in total. The highest BCUT2D eigenvalue weighted by atomic mass is 16.2. The Morgan fingerprint density at radius 2 is 2.15 bits per heavy atom. The Bertz CT molecular complexity index is 681. The first-order valence-electron chi connectivity index (χ1n) is 6.95. The third kappa shape index (κ3) is 2.22. The minimum Gasteiger partial charge on any atom is -0.360 e. The predicted octanol–water partition coefficient (Wildman–Crippen LogP) is 2.18. The SMILES string of the molecule is Cc1cc(C)c2nccc(N3CC(=O)N[C@H](C)C3)c2c1. The molecule has 0 unspecified atom stereocenters. The third-order valence-corrected chi connectivity index (χ3v) is 3.73. The van der Waals surface area contributed by atoms with Crippen molar-refractivity contribution in [1.29, 1.82) is 0 Å². The van der Waals surface area contributed by atoms with Crippen LogP contribution in [0.3, 0.4) is 0 Å². The quantitative estimate of drug-likeness (QED) is 0.863. The van der Waals surface area contributed by atoms with Gasteiger partial charge in [-0.25, -0.2) is 0 Å². The van der Waals surface area contributed by atoms with Gasteiger partial charge in [-0.1, -0.05) is 11.6 Å². The molecule has 20 heavy (non-hydrogen) atoms. The van der Waals surface area contributed by atoms with Crippen LogP contribution < -0.4 is 10.2 Å². The fourth-order valence-corrected chi connectivity index (χ4v) is 2.99. The Labute approximate surface area is 118 Å². The number of benzene rings is 1. The van der Waals surface area contributed by atoms with E-state index in [1.807, 2.05) is 19.2 Å². The molecule has 0 bridgehead atoms. The Morgan fingerprint density at radius 3 is 2.90 bits per heavy atom. The van der Waals surface area contributed by atoms with E-state index in [2.05, 4.69) is 41.2 Å². The number of hydrogen-bond acceptors (Lipinski definition) is 3. The molecule has 4 heteroatoms. The van der Waals surface area contributed by atoms with Crippen molar-refractivity contribution < 1.29 is 4.79 Å². The molecular weight excluding hydrogens is 250 g/mol. The van der Waals surface area contributed by atoms with Crippen LogP contribution in [0.15, 0.2) is 24.4 Å². The molecule has 0 spiro atoms. The van der Waals surface area contributed by atoms with E-state index in [1.165, 1.54) is 11.1 Å². The molecule has 1 aliphatic rings. The number of hydrogen-bond donors (Lipinski definition) is 1. The van der Waals surface area contributed by atoms with E-state index in [0.29, 0.717) is 6.54 Å². The molecule has 3 rings (SSSR count). The van der Waals surface area contributed by atoms with Crippen molar-refractivity contribution in [2.24, 2.45) is 0 Å². The molecule has 1 atom stereocenters. The largest absolute Gasteiger partial charge is 0.360 e. The maximum absolute atomic E-state index is 11.8. The molecule has 1 aromatic heterocycles. The van der Waals surface area contributed by atoms with Crippen molar-refractivity contribution in [2.45, 2.75) is 26.8 Å². The first kappa shape index (κ1) is 12.9. The van der Waals surface area contributed by atoms with Gasteiger partial charge >= 0.3 is 0 Å². The average Bonchev–Trinajstić information content (AvgIpc) is 2.36. The van der Waals surface area contributed by atoms with Gasteiger partial charge in [0, 0.05) is 29.9 Å². The van der Waals surface area contributed by atoms with Crippen molar-refractivity contribution in [2.75, 3.05) is 18.0 Å². The number of fused-ring (bicyclic) bond motifs is 1. The molecule has 0 saturated carbocycles. The molecule has 104 valence electrons. The van der Waals surface area contributed by atoms with Gasteiger partial charge in [-0.2, -0.15) is 0 Å². The molecule has 1 saturated heterocycles. The second-order valence-corrected chi connectivity index (χ2v) is 5.66. The summed E-state index contributed by atoms with van der Waals surface area (Å²) in [7, 11) is 0. The zero-order chi connectivity index (χ0) is 14.3. The molecule has 2 heterocycles. The van der Waals surface area contributed by atoms with Crippen LogP contribution in [0.1, 0.15) is 18.1 Å². The van der Waals surface area contributed by atoms with Gasteiger partial charge in [0.25, 0.3) is 0 Å². The van der Waals surface area contributed by atoms with E-state index in [1.54, 1.807) is 0 Å². The second-order valence-electron chi connectivity index (χ2n) is 5.66. The van der Waals surface area contributed by atoms with Gasteiger partial charge < -0.3 is 10.2 Å². The molecule has 1 aliphatic heterocycles. The summed E-state index contributed by atoms with van der Waals surface area (Å²) in [5.74, 6) is 0.0816. The lowest BCUT2D eigenvalue weighted by Crippen LogP contribution is -2.53. The van der Waals surface area contributed by atoms with Crippen LogP contribution in [0.25, 0.3) is 10.9 Å². The van der Waals surface area contributed by atoms with E-state index in [-0.39, 0.29) is 11.9 Å². The highest BCUT2D eigenvalue weighted by Crippen LogP contribution is 2.29. The topological polar surface area (TPSA) is 45.2 Å². The summed E-state index contributed by atoms with van der Waals surface area (Å²) in [6, 6.07) is 6.48. The van der Waals surface area contributed by atoms with Crippen LogP contribution in [-0.2, 0) is 4.79 Å². The van der Waals surface area contributed by atoms with Crippen LogP contribution in [0.4, 0.5) is 5.69 Å². The zero-order valence-electron chi connectivity index (χ0n) is 12.1. The van der Waals surface area contributed by atoms with Gasteiger partial charge in [-0.15, -0.1) is 0 Å². The summed E-state index contributed by atoms with van der Waals surface area (Å²) in [5, 5.41) is 4.08. The molecule has 0 radical (unpaired) electrons. The number of nitrogens with one attached hydrogen (secondary N) is 1. The van der Waals surface area contributed by atoms with Gasteiger partial charge in [0.15, 0.2) is 0 Å². The fraction of sp³-hybridized carbons (Fsp3) is 0.375. The lowest BCUT2D eigenvalue weighted by molar-refractivity contribution is -0.121. The van der Waals surface area contributed by atoms with Crippen LogP contribution >= 0.6 is 0 Å². The first-order valence-corrected chi connectivity index (χ1v) is 6.95. The summed E-state index contributed by atoms with van der Waals surface area (Å²) in [4.78, 5) is 18.4. The van der Waals surface area contributed by atoms with E-state index in [9.17, 15) is 4.79 Å². The number of nitrogens with zero attached hydrogens (tertiary/aromatic N) is 2. The minimum atomic E-state index is 0.0816. The van der Waals surface area contributed by atoms with Crippen molar-refractivity contribution in [1.82, 2.24) is 10.3 Å². The number of pyridine rings is 1. The third-order valence-electron chi connectivity index (χ3n) is 3.73. The van der Waals surface area contributed by atoms with E-state index in [0.717, 1.165) is 23.1 Å². The van der Waals surface area contributed by atoms with Crippen molar-refractivity contribution in [3.63, 3.8) is 0 Å². The van der Waals surface area contributed by atoms with E-state index >= 15 is 0 Å². The zero-order valence-corrected chi connectivity index (χ0v) is 12.1. The lowest BCUT2D eigenvalue weighted by Gasteiger charge is -2.33. The van der Waals surface area contributed by atoms with Gasteiger partial charge in [0.1, 0.15) is 0 Å². The Morgan fingerprint density at radius 1 is 1.35 bits per heavy atom. The summed E-state index contributed by atoms with van der Waals surface area (Å²) in [6.07, 6.45) is 1.83. The van der Waals surface area contributed by atoms with Crippen LogP contribution in [0.2, 0.25) is 0 Å². The Kier molecular flexibility index (Phi) is 3.08. The summed E-state index contributed by atoms with van der Waals surface area (Å²) < 4.78 is 0. The number of amides is 1. The molecule has 2 aromatic rings. The van der Waals surface area contributed by atoms with E-state index in [4.69, 9.17) is 0 Å². The minimum absolute atomic E-state index is 0.0816. The maximum atomic E-state index is 11.8. The first-order chi connectivity index (χ1) is 9.54. The molecule has 0 aliphatic carbocycles. The number of aromatic nitrogens is 1. The Balaban J connectivity index is 2.14. The van der Waals surface area contributed by atoms with Crippen molar-refractivity contribution in [3.8, 4) is 0 Å². The van der Waals surface area contributed by atoms with E-state index < -0.39 is 0 Å². The number of carbonyl (C=O) groups excluding carboxylic acids is 1. The lowest BCUT2D eigenvalue weighted by atomic mass is 10.0. The van der Waals surface area contributed by atoms with Crippen molar-refractivity contribution in [3.05, 3.63) is 35.5 Å². The monoisotopic (exact) mass is 269 g/mol. The van der Waals surface area contributed by atoms with Gasteiger partial charge in [0.05, 0.1) is 12.1 Å². The van der Waals surface area contributed by atoms with Crippen LogP contribution in [0, 0.1) is 13.8 Å². The highest BCUT2D eigenvalue weighted by Gasteiger charge is 2.23. The standard InChI is InChI=1S/C16H19N3O/c1-10-6-11(2)16-13(7-10)14(4-5-17-16)19-8-12(3)18-15(20)9-19/h4-7,12H,8-9H2,1-3H3,(H,18,20)/t12-/m1/s1. The molecular formula is C16H19N3O. The number of anilines is 1. The maximum Gasteiger partial charge on any atom is 0.239 e. The van der Waals surface area contributed by atoms with Crippen molar-refractivity contribution >= 4 is 22.5 Å². The normalized spacial score (nSPS) is 19.2. The Hall–Kier alpha value is -2.10. The second kappa shape index (κ2) is 4.78. The predicted molar refractivity (Wildman–Crippen MR) is 81.0 cm³/mol. The molecule has 1 aromatic carbocycles. The molecule has 4 nitrogen and oxygen atoms in total. The highest BCUT2D eigenvalue weighted by molar-refractivity contribution is 5.96. The van der Waals surface area contributed by atoms with Gasteiger partial charge in [-0.3, -0.25) is 9.78 Å². The van der Waals surface area contributed by atoms with Gasteiger partial charge in [-0.05, 0) is 38.5 Å². The summed E-state index contributed by atoms with van der Waals surface area (Å²) in [6.45, 7) is 7.45. The average molecular weight is 269 g/mol. The van der Waals surface area contributed by atoms with Crippen LogP contribution in [0.5, 0.6) is 0 Å². The summed E-state index contributed by atoms with van der Waals surface area (Å²) in [5.41, 5.74) is 4.52. The number of rotatable bonds is 1. The number of carbonyl (C=O) groups is 1. The van der Waals surface area contributed by atoms with Crippen LogP contribution in [-0.4, -0.2) is 30.0 Å². The fourth-order valence-electron chi connectivity index (χ4n) is 2.99. The smallest absolute Gasteiger partial charge is 0.239 e. The van der Waals surface area contributed by atoms with Gasteiger partial charge in [0.2, 0.25) is 5.91 Å². The molecule has 1 amide bonds. The number of piperazine rings is 1. The summed E-state index contributed by atoms with van der Waals surface area (Å²) >= 11 is 0.